The molecule has 1 aromatic heterocycles. The third-order valence-corrected chi connectivity index (χ3v) is 12.0. The number of benzene rings is 8. The monoisotopic (exact) mass is 733 g/mol. The maximum absolute atomic E-state index is 6.46. The Morgan fingerprint density at radius 3 is 1.74 bits per heavy atom. The second-order valence-electron chi connectivity index (χ2n) is 16.2. The van der Waals surface area contributed by atoms with Gasteiger partial charge in [0.05, 0.1) is 11.1 Å². The van der Waals surface area contributed by atoms with Gasteiger partial charge >= 0.3 is 0 Å². The van der Waals surface area contributed by atoms with Crippen LogP contribution in [0.3, 0.4) is 0 Å². The Morgan fingerprint density at radius 1 is 0.456 bits per heavy atom. The summed E-state index contributed by atoms with van der Waals surface area (Å²) < 4.78 is 6.46. The van der Waals surface area contributed by atoms with E-state index in [1.807, 2.05) is 0 Å². The molecule has 0 radical (unpaired) electrons. The quantitative estimate of drug-likeness (QED) is 0.177. The molecule has 2 aliphatic rings. The summed E-state index contributed by atoms with van der Waals surface area (Å²) in [4.78, 5) is 2.41. The summed E-state index contributed by atoms with van der Waals surface area (Å²) in [6.45, 7) is 6.66. The number of fused-ring (bicyclic) bond motifs is 11. The molecule has 1 spiro atoms. The summed E-state index contributed by atoms with van der Waals surface area (Å²) >= 11 is 0. The van der Waals surface area contributed by atoms with Crippen LogP contribution in [0.15, 0.2) is 186 Å². The highest BCUT2D eigenvalue weighted by Gasteiger charge is 2.52. The van der Waals surface area contributed by atoms with E-state index in [1.165, 1.54) is 60.8 Å². The van der Waals surface area contributed by atoms with Crippen LogP contribution in [0, 0.1) is 0 Å². The molecule has 0 bridgehead atoms. The van der Waals surface area contributed by atoms with Crippen molar-refractivity contribution in [2.24, 2.45) is 0 Å². The number of hydrogen-bond donors (Lipinski definition) is 0. The molecule has 1 heterocycles. The van der Waals surface area contributed by atoms with Crippen molar-refractivity contribution >= 4 is 27.8 Å². The highest BCUT2D eigenvalue weighted by molar-refractivity contribution is 6.01. The van der Waals surface area contributed by atoms with E-state index in [9.17, 15) is 0 Å². The van der Waals surface area contributed by atoms with Crippen molar-refractivity contribution in [1.29, 1.82) is 0 Å². The van der Waals surface area contributed by atoms with Gasteiger partial charge in [-0.2, -0.15) is 0 Å². The van der Waals surface area contributed by atoms with Crippen LogP contribution in [0.25, 0.3) is 55.9 Å². The Kier molecular flexibility index (Phi) is 7.30. The van der Waals surface area contributed by atoms with Gasteiger partial charge in [0.1, 0.15) is 0 Å². The van der Waals surface area contributed by atoms with Crippen LogP contribution in [0.5, 0.6) is 0 Å². The maximum atomic E-state index is 6.46. The van der Waals surface area contributed by atoms with Crippen LogP contribution in [0.1, 0.15) is 48.6 Å². The normalized spacial score (nSPS) is 15.0. The number of para-hydroxylation sites is 1. The van der Waals surface area contributed by atoms with E-state index in [1.54, 1.807) is 0 Å². The standard InChI is InChI=1S/C53H39N3O/c1-52(2,3)37-27-24-35(25-28-37)50-54-55-51(57-50)36-26-30-43-41-19-9-11-21-45(41)53(47(43)32-36)46-22-12-10-20-42(46)44-31-29-39(33-48(44)53)56(38-16-5-4-6-17-38)49-23-13-15-34-14-7-8-18-40(34)49/h4-33H,1-3H3. The minimum Gasteiger partial charge on any atom is -0.416 e. The highest BCUT2D eigenvalue weighted by Crippen LogP contribution is 2.63. The number of nitrogens with zero attached hydrogens (tertiary/aromatic N) is 3. The highest BCUT2D eigenvalue weighted by atomic mass is 16.4. The lowest BCUT2D eigenvalue weighted by Crippen LogP contribution is -2.26. The first-order valence-corrected chi connectivity index (χ1v) is 19.7. The molecule has 11 rings (SSSR count). The van der Waals surface area contributed by atoms with Gasteiger partial charge in [-0.25, -0.2) is 0 Å². The largest absolute Gasteiger partial charge is 0.416 e. The van der Waals surface area contributed by atoms with Crippen molar-refractivity contribution in [3.8, 4) is 45.2 Å². The second-order valence-corrected chi connectivity index (χ2v) is 16.2. The zero-order valence-electron chi connectivity index (χ0n) is 32.1. The molecule has 9 aromatic rings. The average Bonchev–Trinajstić information content (AvgIpc) is 3.94. The topological polar surface area (TPSA) is 42.2 Å². The third kappa shape index (κ3) is 5.00. The first-order chi connectivity index (χ1) is 27.9. The van der Waals surface area contributed by atoms with Crippen LogP contribution >= 0.6 is 0 Å². The summed E-state index contributed by atoms with van der Waals surface area (Å²) in [5, 5.41) is 11.6. The van der Waals surface area contributed by atoms with Gasteiger partial charge in [-0.15, -0.1) is 10.2 Å². The number of hydrogen-bond acceptors (Lipinski definition) is 4. The molecule has 0 N–H and O–H groups in total. The van der Waals surface area contributed by atoms with Crippen molar-refractivity contribution in [3.63, 3.8) is 0 Å². The maximum Gasteiger partial charge on any atom is 0.248 e. The van der Waals surface area contributed by atoms with Gasteiger partial charge in [0.15, 0.2) is 0 Å². The molecule has 1 atom stereocenters. The van der Waals surface area contributed by atoms with E-state index in [4.69, 9.17) is 4.42 Å². The molecule has 57 heavy (non-hydrogen) atoms. The average molecular weight is 734 g/mol. The van der Waals surface area contributed by atoms with E-state index in [0.29, 0.717) is 11.8 Å². The molecule has 0 fully saturated rings. The molecular formula is C53H39N3O. The predicted octanol–water partition coefficient (Wildman–Crippen LogP) is 13.7. The zero-order valence-corrected chi connectivity index (χ0v) is 32.1. The lowest BCUT2D eigenvalue weighted by Gasteiger charge is -2.32. The van der Waals surface area contributed by atoms with Gasteiger partial charge < -0.3 is 9.32 Å². The lowest BCUT2D eigenvalue weighted by atomic mass is 9.70. The minimum absolute atomic E-state index is 0.0600. The number of anilines is 3. The fraction of sp³-hybridized carbons (Fsp3) is 0.0943. The van der Waals surface area contributed by atoms with E-state index in [2.05, 4.69) is 218 Å². The molecule has 272 valence electrons. The summed E-state index contributed by atoms with van der Waals surface area (Å²) in [6, 6.07) is 66.0. The minimum atomic E-state index is -0.573. The summed E-state index contributed by atoms with van der Waals surface area (Å²) in [7, 11) is 0. The third-order valence-electron chi connectivity index (χ3n) is 12.0. The molecule has 0 amide bonds. The summed E-state index contributed by atoms with van der Waals surface area (Å²) in [5.41, 5.74) is 15.9. The molecule has 4 nitrogen and oxygen atoms in total. The van der Waals surface area contributed by atoms with Crippen LogP contribution in [0.4, 0.5) is 17.1 Å². The molecule has 0 aliphatic heterocycles. The van der Waals surface area contributed by atoms with E-state index in [-0.39, 0.29) is 5.41 Å². The van der Waals surface area contributed by atoms with Crippen LogP contribution < -0.4 is 4.90 Å². The Hall–Kier alpha value is -7.04. The predicted molar refractivity (Wildman–Crippen MR) is 232 cm³/mol. The van der Waals surface area contributed by atoms with Crippen LogP contribution in [-0.2, 0) is 10.8 Å². The fourth-order valence-electron chi connectivity index (χ4n) is 9.38. The van der Waals surface area contributed by atoms with Crippen molar-refractivity contribution in [2.75, 3.05) is 4.90 Å². The molecule has 2 aliphatic carbocycles. The molecular weight excluding hydrogens is 695 g/mol. The van der Waals surface area contributed by atoms with Crippen molar-refractivity contribution in [3.05, 3.63) is 210 Å². The zero-order chi connectivity index (χ0) is 38.3. The lowest BCUT2D eigenvalue weighted by molar-refractivity contribution is 0.582. The molecule has 0 saturated carbocycles. The van der Waals surface area contributed by atoms with Gasteiger partial charge in [0.25, 0.3) is 0 Å². The summed E-state index contributed by atoms with van der Waals surface area (Å²) in [5.74, 6) is 1.02. The van der Waals surface area contributed by atoms with Crippen molar-refractivity contribution in [1.82, 2.24) is 10.2 Å². The Bertz CT molecular complexity index is 2990. The van der Waals surface area contributed by atoms with Crippen molar-refractivity contribution in [2.45, 2.75) is 31.6 Å². The second kappa shape index (κ2) is 12.5. The van der Waals surface area contributed by atoms with Crippen LogP contribution in [-0.4, -0.2) is 10.2 Å². The SMILES string of the molecule is CC(C)(C)c1ccc(-c2nnc(-c3ccc4c(c3)C3(c5ccccc5-4)c4ccccc4-c4ccc(N(c5ccccc5)c5cccc6ccccc56)cc43)o2)cc1. The fourth-order valence-corrected chi connectivity index (χ4v) is 9.38. The van der Waals surface area contributed by atoms with E-state index < -0.39 is 5.41 Å². The number of aromatic nitrogens is 2. The molecule has 8 aromatic carbocycles. The summed E-state index contributed by atoms with van der Waals surface area (Å²) in [6.07, 6.45) is 0. The molecule has 0 saturated heterocycles. The van der Waals surface area contributed by atoms with Gasteiger partial charge in [-0.3, -0.25) is 0 Å². The first kappa shape index (κ1) is 33.3. The Balaban J connectivity index is 1.12. The van der Waals surface area contributed by atoms with Gasteiger partial charge in [-0.05, 0) is 115 Å². The molecule has 4 heteroatoms. The smallest absolute Gasteiger partial charge is 0.248 e. The molecule has 1 unspecified atom stereocenters. The van der Waals surface area contributed by atoms with Gasteiger partial charge in [-0.1, -0.05) is 148 Å². The van der Waals surface area contributed by atoms with Crippen molar-refractivity contribution < 1.29 is 4.42 Å². The van der Waals surface area contributed by atoms with Gasteiger partial charge in [0, 0.05) is 27.9 Å². The Labute approximate surface area is 332 Å². The van der Waals surface area contributed by atoms with Gasteiger partial charge in [0.2, 0.25) is 11.8 Å². The Morgan fingerprint density at radius 2 is 1.02 bits per heavy atom. The van der Waals surface area contributed by atoms with Crippen LogP contribution in [0.2, 0.25) is 0 Å². The number of rotatable bonds is 5. The van der Waals surface area contributed by atoms with E-state index >= 15 is 0 Å². The first-order valence-electron chi connectivity index (χ1n) is 19.7. The van der Waals surface area contributed by atoms with E-state index in [0.717, 1.165) is 28.2 Å².